The van der Waals surface area contributed by atoms with Crippen molar-refractivity contribution in [3.8, 4) is 5.69 Å². The highest BCUT2D eigenvalue weighted by Crippen LogP contribution is 2.16. The molecule has 1 aliphatic carbocycles. The van der Waals surface area contributed by atoms with Gasteiger partial charge in [0.1, 0.15) is 0 Å². The van der Waals surface area contributed by atoms with E-state index in [1.54, 1.807) is 10.9 Å². The van der Waals surface area contributed by atoms with Crippen LogP contribution in [0.4, 0.5) is 0 Å². The molecule has 1 heterocycles. The van der Waals surface area contributed by atoms with Crippen molar-refractivity contribution in [1.82, 2.24) is 25.6 Å². The monoisotopic (exact) mass is 341 g/mol. The molecule has 134 valence electrons. The van der Waals surface area contributed by atoms with Crippen molar-refractivity contribution in [2.45, 2.75) is 51.5 Å². The normalized spacial score (nSPS) is 15.7. The summed E-state index contributed by atoms with van der Waals surface area (Å²) >= 11 is 0. The summed E-state index contributed by atoms with van der Waals surface area (Å²) < 4.78 is 1.62. The van der Waals surface area contributed by atoms with Crippen LogP contribution in [0.1, 0.15) is 54.6 Å². The van der Waals surface area contributed by atoms with Crippen LogP contribution in [0, 0.1) is 6.92 Å². The van der Waals surface area contributed by atoms with Gasteiger partial charge >= 0.3 is 0 Å². The van der Waals surface area contributed by atoms with Crippen molar-refractivity contribution in [1.29, 1.82) is 0 Å². The Kier molecular flexibility index (Phi) is 6.17. The van der Waals surface area contributed by atoms with Gasteiger partial charge in [-0.2, -0.15) is 0 Å². The Morgan fingerprint density at radius 3 is 2.56 bits per heavy atom. The summed E-state index contributed by atoms with van der Waals surface area (Å²) in [4.78, 5) is 12.2. The third kappa shape index (κ3) is 5.13. The van der Waals surface area contributed by atoms with E-state index in [0.29, 0.717) is 18.3 Å². The van der Waals surface area contributed by atoms with E-state index >= 15 is 0 Å². The quantitative estimate of drug-likeness (QED) is 0.626. The summed E-state index contributed by atoms with van der Waals surface area (Å²) in [5, 5.41) is 14.5. The molecule has 6 heteroatoms. The number of aryl methyl sites for hydroxylation is 1. The molecule has 1 aromatic heterocycles. The number of aromatic nitrogens is 3. The number of carbonyl (C=O) groups is 1. The van der Waals surface area contributed by atoms with Gasteiger partial charge in [0.2, 0.25) is 0 Å². The number of nitrogens with one attached hydrogen (secondary N) is 2. The fourth-order valence-corrected chi connectivity index (χ4v) is 3.22. The molecular weight excluding hydrogens is 314 g/mol. The molecule has 1 aromatic carbocycles. The van der Waals surface area contributed by atoms with Gasteiger partial charge in [-0.25, -0.2) is 4.68 Å². The van der Waals surface area contributed by atoms with Gasteiger partial charge in [-0.1, -0.05) is 48.6 Å². The molecule has 1 aliphatic rings. The fourth-order valence-electron chi connectivity index (χ4n) is 3.22. The minimum absolute atomic E-state index is 0.180. The van der Waals surface area contributed by atoms with Crippen molar-refractivity contribution in [2.24, 2.45) is 0 Å². The van der Waals surface area contributed by atoms with Crippen LogP contribution in [0.5, 0.6) is 0 Å². The minimum Gasteiger partial charge on any atom is -0.349 e. The Labute approximate surface area is 149 Å². The largest absolute Gasteiger partial charge is 0.349 e. The van der Waals surface area contributed by atoms with Gasteiger partial charge in [0, 0.05) is 19.1 Å². The molecule has 1 saturated carbocycles. The Balaban J connectivity index is 1.44. The van der Waals surface area contributed by atoms with Crippen LogP contribution in [0.2, 0.25) is 0 Å². The Bertz CT molecular complexity index is 671. The lowest BCUT2D eigenvalue weighted by Crippen LogP contribution is -2.37. The first kappa shape index (κ1) is 17.6. The number of amides is 1. The number of carbonyl (C=O) groups excluding carboxylic acids is 1. The van der Waals surface area contributed by atoms with Crippen molar-refractivity contribution in [3.63, 3.8) is 0 Å². The summed E-state index contributed by atoms with van der Waals surface area (Å²) in [6.45, 7) is 3.43. The van der Waals surface area contributed by atoms with Crippen LogP contribution in [-0.2, 0) is 0 Å². The van der Waals surface area contributed by atoms with Gasteiger partial charge in [-0.05, 0) is 31.9 Å². The summed E-state index contributed by atoms with van der Waals surface area (Å²) in [7, 11) is 0. The summed E-state index contributed by atoms with van der Waals surface area (Å²) in [5.74, 6) is -0.180. The van der Waals surface area contributed by atoms with Crippen molar-refractivity contribution in [3.05, 3.63) is 41.7 Å². The molecule has 0 atom stereocenters. The maximum absolute atomic E-state index is 12.2. The number of rotatable bonds is 6. The van der Waals surface area contributed by atoms with E-state index < -0.39 is 0 Å². The van der Waals surface area contributed by atoms with E-state index in [4.69, 9.17) is 0 Å². The molecular formula is C19H27N5O. The van der Waals surface area contributed by atoms with Gasteiger partial charge in [-0.3, -0.25) is 4.79 Å². The third-order valence-electron chi connectivity index (χ3n) is 4.72. The lowest BCUT2D eigenvalue weighted by molar-refractivity contribution is 0.0948. The topological polar surface area (TPSA) is 71.8 Å². The summed E-state index contributed by atoms with van der Waals surface area (Å²) in [6.07, 6.45) is 9.49. The van der Waals surface area contributed by atoms with Crippen LogP contribution in [0.3, 0.4) is 0 Å². The number of benzene rings is 1. The predicted molar refractivity (Wildman–Crippen MR) is 97.9 cm³/mol. The van der Waals surface area contributed by atoms with E-state index in [0.717, 1.165) is 12.2 Å². The second-order valence-electron chi connectivity index (χ2n) is 6.78. The number of hydrogen-bond donors (Lipinski definition) is 2. The number of hydrogen-bond acceptors (Lipinski definition) is 4. The molecule has 6 nitrogen and oxygen atoms in total. The van der Waals surface area contributed by atoms with E-state index in [1.807, 2.05) is 31.2 Å². The van der Waals surface area contributed by atoms with Crippen molar-refractivity contribution in [2.75, 3.05) is 13.1 Å². The molecule has 0 spiro atoms. The van der Waals surface area contributed by atoms with Crippen LogP contribution in [0.15, 0.2) is 30.5 Å². The first-order valence-electron chi connectivity index (χ1n) is 9.23. The van der Waals surface area contributed by atoms with E-state index in [2.05, 4.69) is 20.9 Å². The second-order valence-corrected chi connectivity index (χ2v) is 6.78. The molecule has 3 rings (SSSR count). The van der Waals surface area contributed by atoms with Crippen LogP contribution in [0.25, 0.3) is 5.69 Å². The van der Waals surface area contributed by atoms with Crippen molar-refractivity contribution >= 4 is 5.91 Å². The van der Waals surface area contributed by atoms with Gasteiger partial charge in [-0.15, -0.1) is 5.10 Å². The molecule has 2 N–H and O–H groups in total. The number of nitrogens with zero attached hydrogens (tertiary/aromatic N) is 3. The average molecular weight is 341 g/mol. The molecule has 0 bridgehead atoms. The van der Waals surface area contributed by atoms with Crippen LogP contribution in [-0.4, -0.2) is 40.0 Å². The Morgan fingerprint density at radius 2 is 1.84 bits per heavy atom. The zero-order valence-electron chi connectivity index (χ0n) is 14.9. The molecule has 2 aromatic rings. The molecule has 0 unspecified atom stereocenters. The first-order valence-corrected chi connectivity index (χ1v) is 9.23. The standard InChI is InChI=1S/C19H27N5O/c1-15-8-10-17(11-9-15)24-14-18(22-23-24)19(25)21-13-12-20-16-6-4-2-3-5-7-16/h8-11,14,16,20H,2-7,12-13H2,1H3,(H,21,25). The first-order chi connectivity index (χ1) is 12.2. The maximum atomic E-state index is 12.2. The lowest BCUT2D eigenvalue weighted by Gasteiger charge is -2.16. The summed E-state index contributed by atoms with van der Waals surface area (Å²) in [6, 6.07) is 8.54. The molecule has 1 amide bonds. The van der Waals surface area contributed by atoms with Gasteiger partial charge < -0.3 is 10.6 Å². The third-order valence-corrected chi connectivity index (χ3v) is 4.72. The van der Waals surface area contributed by atoms with Crippen molar-refractivity contribution < 1.29 is 4.79 Å². The molecule has 0 aliphatic heterocycles. The molecule has 0 radical (unpaired) electrons. The highest BCUT2D eigenvalue weighted by molar-refractivity contribution is 5.91. The van der Waals surface area contributed by atoms with Crippen LogP contribution < -0.4 is 10.6 Å². The maximum Gasteiger partial charge on any atom is 0.273 e. The highest BCUT2D eigenvalue weighted by Gasteiger charge is 2.13. The Morgan fingerprint density at radius 1 is 1.12 bits per heavy atom. The van der Waals surface area contributed by atoms with Gasteiger partial charge in [0.05, 0.1) is 11.9 Å². The highest BCUT2D eigenvalue weighted by atomic mass is 16.2. The SMILES string of the molecule is Cc1ccc(-n2cc(C(=O)NCCNC3CCCCCC3)nn2)cc1. The molecule has 25 heavy (non-hydrogen) atoms. The van der Waals surface area contributed by atoms with E-state index in [1.165, 1.54) is 44.1 Å². The zero-order valence-corrected chi connectivity index (χ0v) is 14.9. The summed E-state index contributed by atoms with van der Waals surface area (Å²) in [5.41, 5.74) is 2.42. The second kappa shape index (κ2) is 8.76. The molecule has 0 saturated heterocycles. The fraction of sp³-hybridized carbons (Fsp3) is 0.526. The lowest BCUT2D eigenvalue weighted by atomic mass is 10.1. The predicted octanol–water partition coefficient (Wildman–Crippen LogP) is 2.62. The van der Waals surface area contributed by atoms with E-state index in [-0.39, 0.29) is 5.91 Å². The van der Waals surface area contributed by atoms with Gasteiger partial charge in [0.25, 0.3) is 5.91 Å². The Hall–Kier alpha value is -2.21. The minimum atomic E-state index is -0.180. The zero-order chi connectivity index (χ0) is 17.5. The smallest absolute Gasteiger partial charge is 0.273 e. The average Bonchev–Trinajstić information content (AvgIpc) is 2.97. The van der Waals surface area contributed by atoms with Crippen LogP contribution >= 0.6 is 0 Å². The van der Waals surface area contributed by atoms with E-state index in [9.17, 15) is 4.79 Å². The van der Waals surface area contributed by atoms with Gasteiger partial charge in [0.15, 0.2) is 5.69 Å². The molecule has 1 fully saturated rings.